The molecule has 0 aliphatic rings. The summed E-state index contributed by atoms with van der Waals surface area (Å²) in [5, 5.41) is 8.25. The quantitative estimate of drug-likeness (QED) is 0.798. The molecule has 2 aromatic rings. The van der Waals surface area contributed by atoms with E-state index in [0.717, 1.165) is 10.6 Å². The summed E-state index contributed by atoms with van der Waals surface area (Å²) in [6.07, 6.45) is 1.61. The fourth-order valence-electron chi connectivity index (χ4n) is 1.10. The monoisotopic (exact) mass is 220 g/mol. The number of hydrogen-bond acceptors (Lipinski definition) is 3. The van der Waals surface area contributed by atoms with Gasteiger partial charge < -0.3 is 4.74 Å². The van der Waals surface area contributed by atoms with Crippen molar-refractivity contribution in [2.75, 3.05) is 0 Å². The second kappa shape index (κ2) is 4.75. The van der Waals surface area contributed by atoms with Crippen molar-refractivity contribution >= 4 is 11.6 Å². The maximum Gasteiger partial charge on any atom is 0.233 e. The topological polar surface area (TPSA) is 35.0 Å². The predicted octanol–water partition coefficient (Wildman–Crippen LogP) is 2.71. The first-order valence-corrected chi connectivity index (χ1v) is 4.87. The largest absolute Gasteiger partial charge is 0.472 e. The molecule has 1 aromatic heterocycles. The first kappa shape index (κ1) is 9.93. The Morgan fingerprint density at radius 3 is 2.60 bits per heavy atom. The molecule has 0 aliphatic heterocycles. The second-order valence-corrected chi connectivity index (χ2v) is 3.41. The van der Waals surface area contributed by atoms with Gasteiger partial charge in [0.1, 0.15) is 6.61 Å². The van der Waals surface area contributed by atoms with E-state index in [-0.39, 0.29) is 0 Å². The molecule has 0 aliphatic carbocycles. The molecule has 0 atom stereocenters. The van der Waals surface area contributed by atoms with Gasteiger partial charge in [-0.1, -0.05) is 23.7 Å². The van der Waals surface area contributed by atoms with Gasteiger partial charge in [-0.15, -0.1) is 5.10 Å². The van der Waals surface area contributed by atoms with E-state index in [0.29, 0.717) is 12.5 Å². The summed E-state index contributed by atoms with van der Waals surface area (Å²) in [6.45, 7) is 0.468. The van der Waals surface area contributed by atoms with Crippen LogP contribution in [0.5, 0.6) is 5.88 Å². The molecule has 76 valence electrons. The van der Waals surface area contributed by atoms with Gasteiger partial charge in [-0.05, 0) is 23.8 Å². The molecule has 0 spiro atoms. The Morgan fingerprint density at radius 2 is 1.93 bits per heavy atom. The minimum Gasteiger partial charge on any atom is -0.472 e. The van der Waals surface area contributed by atoms with Crippen LogP contribution in [0.2, 0.25) is 5.02 Å². The lowest BCUT2D eigenvalue weighted by atomic mass is 10.2. The molecule has 0 unspecified atom stereocenters. The van der Waals surface area contributed by atoms with Crippen LogP contribution in [0, 0.1) is 0 Å². The minimum atomic E-state index is 0.468. The van der Waals surface area contributed by atoms with Crippen LogP contribution in [0.1, 0.15) is 5.56 Å². The Morgan fingerprint density at radius 1 is 1.13 bits per heavy atom. The molecule has 0 saturated carbocycles. The van der Waals surface area contributed by atoms with Gasteiger partial charge in [0.05, 0.1) is 0 Å². The molecular formula is C11H9ClN2O. The fraction of sp³-hybridized carbons (Fsp3) is 0.0909. The van der Waals surface area contributed by atoms with Gasteiger partial charge in [0, 0.05) is 17.3 Å². The van der Waals surface area contributed by atoms with Crippen molar-refractivity contribution in [3.63, 3.8) is 0 Å². The van der Waals surface area contributed by atoms with E-state index in [1.54, 1.807) is 18.3 Å². The lowest BCUT2D eigenvalue weighted by Crippen LogP contribution is -1.97. The molecule has 1 heterocycles. The number of halogens is 1. The van der Waals surface area contributed by atoms with E-state index in [1.807, 2.05) is 24.3 Å². The first-order valence-electron chi connectivity index (χ1n) is 4.49. The highest BCUT2D eigenvalue weighted by Gasteiger charge is 1.96. The van der Waals surface area contributed by atoms with Gasteiger partial charge in [-0.3, -0.25) is 0 Å². The summed E-state index contributed by atoms with van der Waals surface area (Å²) in [4.78, 5) is 0. The Kier molecular flexibility index (Phi) is 3.15. The average Bonchev–Trinajstić information content (AvgIpc) is 2.30. The number of ether oxygens (including phenoxy) is 1. The van der Waals surface area contributed by atoms with Crippen LogP contribution in [0.15, 0.2) is 42.6 Å². The molecule has 3 nitrogen and oxygen atoms in total. The number of rotatable bonds is 3. The summed E-state index contributed by atoms with van der Waals surface area (Å²) >= 11 is 5.77. The van der Waals surface area contributed by atoms with Crippen molar-refractivity contribution in [1.29, 1.82) is 0 Å². The molecule has 0 bridgehead atoms. The summed E-state index contributed by atoms with van der Waals surface area (Å²) < 4.78 is 5.42. The van der Waals surface area contributed by atoms with Crippen molar-refractivity contribution in [1.82, 2.24) is 10.2 Å². The van der Waals surface area contributed by atoms with Gasteiger partial charge in [-0.25, -0.2) is 0 Å². The lowest BCUT2D eigenvalue weighted by Gasteiger charge is -2.03. The van der Waals surface area contributed by atoms with Gasteiger partial charge in [-0.2, -0.15) is 5.10 Å². The van der Waals surface area contributed by atoms with Crippen molar-refractivity contribution in [2.45, 2.75) is 6.61 Å². The molecule has 0 N–H and O–H groups in total. The first-order chi connectivity index (χ1) is 7.34. The Hall–Kier alpha value is -1.61. The highest BCUT2D eigenvalue weighted by Crippen LogP contribution is 2.11. The average molecular weight is 221 g/mol. The van der Waals surface area contributed by atoms with Gasteiger partial charge in [0.15, 0.2) is 0 Å². The lowest BCUT2D eigenvalue weighted by molar-refractivity contribution is 0.290. The molecule has 2 rings (SSSR count). The minimum absolute atomic E-state index is 0.468. The maximum atomic E-state index is 5.77. The number of nitrogens with zero attached hydrogens (tertiary/aromatic N) is 2. The van der Waals surface area contributed by atoms with E-state index in [1.165, 1.54) is 0 Å². The van der Waals surface area contributed by atoms with Crippen LogP contribution in [0.4, 0.5) is 0 Å². The van der Waals surface area contributed by atoms with Crippen LogP contribution in [0.25, 0.3) is 0 Å². The number of hydrogen-bond donors (Lipinski definition) is 0. The summed E-state index contributed by atoms with van der Waals surface area (Å²) in [7, 11) is 0. The van der Waals surface area contributed by atoms with Crippen molar-refractivity contribution in [3.05, 3.63) is 53.2 Å². The Bertz CT molecular complexity index is 416. The normalized spacial score (nSPS) is 9.93. The highest BCUT2D eigenvalue weighted by atomic mass is 35.5. The smallest absolute Gasteiger partial charge is 0.233 e. The van der Waals surface area contributed by atoms with Crippen LogP contribution in [0.3, 0.4) is 0 Å². The zero-order chi connectivity index (χ0) is 10.5. The third kappa shape index (κ3) is 2.92. The third-order valence-corrected chi connectivity index (χ3v) is 2.10. The fourth-order valence-corrected chi connectivity index (χ4v) is 1.23. The molecular weight excluding hydrogens is 212 g/mol. The molecule has 0 saturated heterocycles. The van der Waals surface area contributed by atoms with Crippen LogP contribution in [-0.4, -0.2) is 10.2 Å². The van der Waals surface area contributed by atoms with E-state index >= 15 is 0 Å². The van der Waals surface area contributed by atoms with Crippen molar-refractivity contribution in [2.24, 2.45) is 0 Å². The number of benzene rings is 1. The van der Waals surface area contributed by atoms with Crippen LogP contribution in [-0.2, 0) is 6.61 Å². The van der Waals surface area contributed by atoms with Crippen molar-refractivity contribution < 1.29 is 4.74 Å². The SMILES string of the molecule is Clc1ccc(COc2cccnn2)cc1. The predicted molar refractivity (Wildman–Crippen MR) is 57.8 cm³/mol. The van der Waals surface area contributed by atoms with Crippen LogP contribution < -0.4 is 4.74 Å². The maximum absolute atomic E-state index is 5.77. The standard InChI is InChI=1S/C11H9ClN2O/c12-10-5-3-9(4-6-10)8-15-11-2-1-7-13-14-11/h1-7H,8H2. The Balaban J connectivity index is 1.96. The molecule has 4 heteroatoms. The van der Waals surface area contributed by atoms with E-state index < -0.39 is 0 Å². The number of aromatic nitrogens is 2. The van der Waals surface area contributed by atoms with Gasteiger partial charge >= 0.3 is 0 Å². The Labute approximate surface area is 92.7 Å². The zero-order valence-electron chi connectivity index (χ0n) is 7.93. The van der Waals surface area contributed by atoms with Crippen molar-refractivity contribution in [3.8, 4) is 5.88 Å². The third-order valence-electron chi connectivity index (χ3n) is 1.85. The van der Waals surface area contributed by atoms with Gasteiger partial charge in [0.25, 0.3) is 0 Å². The van der Waals surface area contributed by atoms with E-state index in [9.17, 15) is 0 Å². The summed E-state index contributed by atoms with van der Waals surface area (Å²) in [6, 6.07) is 11.0. The second-order valence-electron chi connectivity index (χ2n) is 2.98. The summed E-state index contributed by atoms with van der Waals surface area (Å²) in [5.74, 6) is 0.521. The zero-order valence-corrected chi connectivity index (χ0v) is 8.69. The molecule has 15 heavy (non-hydrogen) atoms. The molecule has 0 amide bonds. The van der Waals surface area contributed by atoms with E-state index in [2.05, 4.69) is 10.2 Å². The molecule has 0 radical (unpaired) electrons. The van der Waals surface area contributed by atoms with Crippen LogP contribution >= 0.6 is 11.6 Å². The molecule has 0 fully saturated rings. The highest BCUT2D eigenvalue weighted by molar-refractivity contribution is 6.30. The summed E-state index contributed by atoms with van der Waals surface area (Å²) in [5.41, 5.74) is 1.05. The van der Waals surface area contributed by atoms with Gasteiger partial charge in [0.2, 0.25) is 5.88 Å². The van der Waals surface area contributed by atoms with E-state index in [4.69, 9.17) is 16.3 Å². The molecule has 1 aromatic carbocycles.